The van der Waals surface area contributed by atoms with E-state index in [0.717, 1.165) is 17.4 Å². The van der Waals surface area contributed by atoms with Gasteiger partial charge in [0.15, 0.2) is 0 Å². The summed E-state index contributed by atoms with van der Waals surface area (Å²) in [6.45, 7) is 2.51. The van der Waals surface area contributed by atoms with Crippen molar-refractivity contribution >= 4 is 0 Å². The molecule has 0 aliphatic carbocycles. The van der Waals surface area contributed by atoms with E-state index in [2.05, 4.69) is 5.32 Å². The van der Waals surface area contributed by atoms with E-state index in [9.17, 15) is 9.50 Å². The molecule has 4 heteroatoms. The molecule has 0 saturated heterocycles. The van der Waals surface area contributed by atoms with Crippen LogP contribution in [-0.2, 0) is 6.54 Å². The van der Waals surface area contributed by atoms with Crippen LogP contribution in [0.3, 0.4) is 0 Å². The van der Waals surface area contributed by atoms with Crippen LogP contribution >= 0.6 is 0 Å². The molecule has 2 aromatic rings. The molecule has 106 valence electrons. The van der Waals surface area contributed by atoms with Crippen molar-refractivity contribution < 1.29 is 14.2 Å². The van der Waals surface area contributed by atoms with E-state index in [1.54, 1.807) is 13.2 Å². The van der Waals surface area contributed by atoms with Gasteiger partial charge in [0.05, 0.1) is 7.11 Å². The van der Waals surface area contributed by atoms with Crippen molar-refractivity contribution in [2.24, 2.45) is 0 Å². The summed E-state index contributed by atoms with van der Waals surface area (Å²) in [5.74, 6) is 0.328. The second-order valence-corrected chi connectivity index (χ2v) is 4.69. The topological polar surface area (TPSA) is 41.5 Å². The minimum Gasteiger partial charge on any atom is -0.508 e. The van der Waals surface area contributed by atoms with Gasteiger partial charge in [-0.1, -0.05) is 12.1 Å². The van der Waals surface area contributed by atoms with Gasteiger partial charge in [-0.15, -0.1) is 0 Å². The van der Waals surface area contributed by atoms with Gasteiger partial charge < -0.3 is 15.2 Å². The summed E-state index contributed by atoms with van der Waals surface area (Å²) in [6, 6.07) is 12.0. The number of halogens is 1. The number of hydrogen-bond acceptors (Lipinski definition) is 3. The highest BCUT2D eigenvalue weighted by Gasteiger charge is 2.06. The zero-order valence-electron chi connectivity index (χ0n) is 11.6. The standard InChI is InChI=1S/C16H18FNO2/c1-11(13-3-5-16(20-2)6-4-13)18-10-12-7-14(17)9-15(19)8-12/h3-9,11,18-19H,10H2,1-2H3. The van der Waals surface area contributed by atoms with Crippen LogP contribution in [-0.4, -0.2) is 12.2 Å². The van der Waals surface area contributed by atoms with E-state index in [0.29, 0.717) is 12.1 Å². The molecule has 0 aromatic heterocycles. The van der Waals surface area contributed by atoms with Gasteiger partial charge in [0.2, 0.25) is 0 Å². The Morgan fingerprint density at radius 1 is 1.20 bits per heavy atom. The zero-order chi connectivity index (χ0) is 14.5. The molecule has 0 fully saturated rings. The smallest absolute Gasteiger partial charge is 0.127 e. The molecule has 2 aromatic carbocycles. The summed E-state index contributed by atoms with van der Waals surface area (Å²) in [5.41, 5.74) is 1.83. The number of methoxy groups -OCH3 is 1. The van der Waals surface area contributed by atoms with Gasteiger partial charge in [-0.05, 0) is 42.3 Å². The van der Waals surface area contributed by atoms with Crippen LogP contribution in [0.4, 0.5) is 4.39 Å². The first-order chi connectivity index (χ1) is 9.58. The van der Waals surface area contributed by atoms with Crippen LogP contribution in [0.15, 0.2) is 42.5 Å². The van der Waals surface area contributed by atoms with Gasteiger partial charge in [-0.3, -0.25) is 0 Å². The summed E-state index contributed by atoms with van der Waals surface area (Å²) in [5, 5.41) is 12.6. The fourth-order valence-corrected chi connectivity index (χ4v) is 2.02. The Hall–Kier alpha value is -2.07. The summed E-state index contributed by atoms with van der Waals surface area (Å²) in [4.78, 5) is 0. The normalized spacial score (nSPS) is 12.2. The highest BCUT2D eigenvalue weighted by Crippen LogP contribution is 2.19. The lowest BCUT2D eigenvalue weighted by atomic mass is 10.1. The average Bonchev–Trinajstić information content (AvgIpc) is 2.44. The molecule has 1 unspecified atom stereocenters. The SMILES string of the molecule is COc1ccc(C(C)NCc2cc(O)cc(F)c2)cc1. The van der Waals surface area contributed by atoms with Crippen molar-refractivity contribution in [3.05, 3.63) is 59.4 Å². The molecular formula is C16H18FNO2. The Morgan fingerprint density at radius 3 is 2.50 bits per heavy atom. The maximum absolute atomic E-state index is 13.2. The number of aromatic hydroxyl groups is 1. The molecule has 0 bridgehead atoms. The third-order valence-electron chi connectivity index (χ3n) is 3.17. The van der Waals surface area contributed by atoms with Crippen molar-refractivity contribution in [3.63, 3.8) is 0 Å². The van der Waals surface area contributed by atoms with Crippen LogP contribution in [0, 0.1) is 5.82 Å². The first-order valence-electron chi connectivity index (χ1n) is 6.44. The Kier molecular flexibility index (Phi) is 4.58. The molecule has 20 heavy (non-hydrogen) atoms. The second kappa shape index (κ2) is 6.39. The lowest BCUT2D eigenvalue weighted by molar-refractivity contribution is 0.414. The molecule has 2 rings (SSSR count). The Balaban J connectivity index is 1.98. The van der Waals surface area contributed by atoms with Crippen LogP contribution in [0.25, 0.3) is 0 Å². The monoisotopic (exact) mass is 275 g/mol. The predicted molar refractivity (Wildman–Crippen MR) is 76.3 cm³/mol. The van der Waals surface area contributed by atoms with E-state index in [-0.39, 0.29) is 11.8 Å². The first kappa shape index (κ1) is 14.3. The van der Waals surface area contributed by atoms with Crippen molar-refractivity contribution in [2.75, 3.05) is 7.11 Å². The Bertz CT molecular complexity index is 549. The predicted octanol–water partition coefficient (Wildman–Crippen LogP) is 3.39. The van der Waals surface area contributed by atoms with E-state index < -0.39 is 5.82 Å². The third kappa shape index (κ3) is 3.71. The van der Waals surface area contributed by atoms with Gasteiger partial charge in [0.1, 0.15) is 17.3 Å². The van der Waals surface area contributed by atoms with Gasteiger partial charge in [0.25, 0.3) is 0 Å². The number of benzene rings is 2. The highest BCUT2D eigenvalue weighted by molar-refractivity contribution is 5.30. The number of phenolic OH excluding ortho intramolecular Hbond substituents is 1. The van der Waals surface area contributed by atoms with Crippen molar-refractivity contribution in [1.29, 1.82) is 0 Å². The number of phenols is 1. The molecule has 0 aliphatic heterocycles. The number of nitrogens with one attached hydrogen (secondary N) is 1. The lowest BCUT2D eigenvalue weighted by Gasteiger charge is -2.15. The van der Waals surface area contributed by atoms with Crippen LogP contribution < -0.4 is 10.1 Å². The summed E-state index contributed by atoms with van der Waals surface area (Å²) < 4.78 is 18.3. The summed E-state index contributed by atoms with van der Waals surface area (Å²) in [7, 11) is 1.63. The Labute approximate surface area is 118 Å². The summed E-state index contributed by atoms with van der Waals surface area (Å²) in [6.07, 6.45) is 0. The molecule has 3 nitrogen and oxygen atoms in total. The minimum absolute atomic E-state index is 0.0566. The minimum atomic E-state index is -0.432. The lowest BCUT2D eigenvalue weighted by Crippen LogP contribution is -2.18. The van der Waals surface area contributed by atoms with Crippen molar-refractivity contribution in [2.45, 2.75) is 19.5 Å². The van der Waals surface area contributed by atoms with Gasteiger partial charge in [0, 0.05) is 18.7 Å². The molecule has 1 atom stereocenters. The maximum atomic E-state index is 13.2. The number of rotatable bonds is 5. The second-order valence-electron chi connectivity index (χ2n) is 4.69. The van der Waals surface area contributed by atoms with Crippen LogP contribution in [0.1, 0.15) is 24.1 Å². The molecule has 0 saturated carbocycles. The average molecular weight is 275 g/mol. The van der Waals surface area contributed by atoms with Crippen molar-refractivity contribution in [3.8, 4) is 11.5 Å². The third-order valence-corrected chi connectivity index (χ3v) is 3.17. The highest BCUT2D eigenvalue weighted by atomic mass is 19.1. The molecule has 0 amide bonds. The van der Waals surface area contributed by atoms with E-state index in [1.807, 2.05) is 31.2 Å². The Morgan fingerprint density at radius 2 is 1.90 bits per heavy atom. The van der Waals surface area contributed by atoms with Crippen LogP contribution in [0.5, 0.6) is 11.5 Å². The van der Waals surface area contributed by atoms with Crippen molar-refractivity contribution in [1.82, 2.24) is 5.32 Å². The largest absolute Gasteiger partial charge is 0.508 e. The quantitative estimate of drug-likeness (QED) is 0.879. The van der Waals surface area contributed by atoms with E-state index >= 15 is 0 Å². The fourth-order valence-electron chi connectivity index (χ4n) is 2.02. The zero-order valence-corrected chi connectivity index (χ0v) is 11.6. The molecule has 2 N–H and O–H groups in total. The van der Waals surface area contributed by atoms with Gasteiger partial charge in [-0.25, -0.2) is 4.39 Å². The molecule has 0 aliphatic rings. The summed E-state index contributed by atoms with van der Waals surface area (Å²) >= 11 is 0. The number of ether oxygens (including phenoxy) is 1. The molecule has 0 heterocycles. The van der Waals surface area contributed by atoms with Gasteiger partial charge in [-0.2, -0.15) is 0 Å². The first-order valence-corrected chi connectivity index (χ1v) is 6.44. The molecule has 0 radical (unpaired) electrons. The van der Waals surface area contributed by atoms with E-state index in [1.165, 1.54) is 6.07 Å². The molecule has 0 spiro atoms. The van der Waals surface area contributed by atoms with E-state index in [4.69, 9.17) is 4.74 Å². The fraction of sp³-hybridized carbons (Fsp3) is 0.250. The molecular weight excluding hydrogens is 257 g/mol. The maximum Gasteiger partial charge on any atom is 0.127 e. The van der Waals surface area contributed by atoms with Gasteiger partial charge >= 0.3 is 0 Å². The van der Waals surface area contributed by atoms with Crippen LogP contribution in [0.2, 0.25) is 0 Å². The number of hydrogen-bond donors (Lipinski definition) is 2.